The van der Waals surface area contributed by atoms with Gasteiger partial charge in [-0.15, -0.1) is 0 Å². The molecule has 0 aromatic rings. The van der Waals surface area contributed by atoms with Crippen LogP contribution in [0.25, 0.3) is 0 Å². The molecule has 0 bridgehead atoms. The molecule has 2 fully saturated rings. The molecule has 0 aromatic heterocycles. The summed E-state index contributed by atoms with van der Waals surface area (Å²) in [5, 5.41) is 11.9. The van der Waals surface area contributed by atoms with Crippen molar-refractivity contribution in [2.45, 2.75) is 69.6 Å². The molecule has 3 unspecified atom stereocenters. The number of hydrogen-bond donors (Lipinski definition) is 2. The Morgan fingerprint density at radius 1 is 1.18 bits per heavy atom. The van der Waals surface area contributed by atoms with Gasteiger partial charge in [-0.1, -0.05) is 6.42 Å². The molecular formula is C15H25F3N2O2. The molecule has 0 radical (unpaired) electrons. The average molecular weight is 322 g/mol. The Morgan fingerprint density at radius 3 is 2.64 bits per heavy atom. The van der Waals surface area contributed by atoms with Crippen LogP contribution in [0.3, 0.4) is 0 Å². The van der Waals surface area contributed by atoms with E-state index in [1.165, 1.54) is 0 Å². The lowest BCUT2D eigenvalue weighted by Crippen LogP contribution is -2.52. The monoisotopic (exact) mass is 322 g/mol. The second-order valence-corrected chi connectivity index (χ2v) is 6.41. The molecule has 0 spiro atoms. The summed E-state index contributed by atoms with van der Waals surface area (Å²) in [4.78, 5) is 14.1. The van der Waals surface area contributed by atoms with Gasteiger partial charge in [0, 0.05) is 25.2 Å². The molecule has 2 N–H and O–H groups in total. The first-order valence-corrected chi connectivity index (χ1v) is 8.16. The predicted molar refractivity (Wildman–Crippen MR) is 76.4 cm³/mol. The number of carbonyl (C=O) groups is 1. The van der Waals surface area contributed by atoms with Crippen LogP contribution in [0.5, 0.6) is 0 Å². The molecule has 1 saturated carbocycles. The Balaban J connectivity index is 1.90. The van der Waals surface area contributed by atoms with Crippen molar-refractivity contribution in [3.8, 4) is 0 Å². The topological polar surface area (TPSA) is 52.6 Å². The van der Waals surface area contributed by atoms with Gasteiger partial charge in [-0.2, -0.15) is 13.2 Å². The molecule has 0 aromatic carbocycles. The van der Waals surface area contributed by atoms with Crippen LogP contribution >= 0.6 is 0 Å². The fourth-order valence-electron chi connectivity index (χ4n) is 3.59. The second-order valence-electron chi connectivity index (χ2n) is 6.41. The third-order valence-electron chi connectivity index (χ3n) is 4.82. The van der Waals surface area contributed by atoms with Gasteiger partial charge in [-0.3, -0.25) is 0 Å². The minimum atomic E-state index is -4.17. The van der Waals surface area contributed by atoms with Crippen LogP contribution in [0.4, 0.5) is 18.0 Å². The van der Waals surface area contributed by atoms with Crippen molar-refractivity contribution in [3.63, 3.8) is 0 Å². The van der Waals surface area contributed by atoms with Crippen LogP contribution in [0.2, 0.25) is 0 Å². The molecule has 1 saturated heterocycles. The number of carbonyl (C=O) groups excluding carboxylic acids is 1. The van der Waals surface area contributed by atoms with Gasteiger partial charge in [-0.05, 0) is 44.9 Å². The highest BCUT2D eigenvalue weighted by Crippen LogP contribution is 2.37. The summed E-state index contributed by atoms with van der Waals surface area (Å²) in [6.07, 6.45) is 0.382. The summed E-state index contributed by atoms with van der Waals surface area (Å²) in [6, 6.07) is -0.670. The van der Waals surface area contributed by atoms with Crippen LogP contribution in [-0.4, -0.2) is 47.4 Å². The number of nitrogens with zero attached hydrogens (tertiary/aromatic N) is 1. The fourth-order valence-corrected chi connectivity index (χ4v) is 3.59. The number of aliphatic hydroxyl groups is 1. The highest BCUT2D eigenvalue weighted by atomic mass is 19.4. The number of halogens is 3. The van der Waals surface area contributed by atoms with Gasteiger partial charge in [0.25, 0.3) is 0 Å². The number of nitrogens with one attached hydrogen (secondary N) is 1. The van der Waals surface area contributed by atoms with Gasteiger partial charge in [0.05, 0.1) is 5.92 Å². The summed E-state index contributed by atoms with van der Waals surface area (Å²) < 4.78 is 38.5. The molecule has 1 aliphatic carbocycles. The van der Waals surface area contributed by atoms with Gasteiger partial charge < -0.3 is 15.3 Å². The minimum absolute atomic E-state index is 0.000698. The first-order chi connectivity index (χ1) is 10.4. The van der Waals surface area contributed by atoms with Crippen molar-refractivity contribution in [3.05, 3.63) is 0 Å². The second kappa shape index (κ2) is 7.53. The zero-order chi connectivity index (χ0) is 16.2. The van der Waals surface area contributed by atoms with Crippen molar-refractivity contribution in [2.75, 3.05) is 13.2 Å². The predicted octanol–water partition coefficient (Wildman–Crippen LogP) is 3.05. The maximum atomic E-state index is 12.8. The number of likely N-dealkylation sites (tertiary alicyclic amines) is 1. The van der Waals surface area contributed by atoms with Crippen LogP contribution in [-0.2, 0) is 0 Å². The molecule has 7 heteroatoms. The van der Waals surface area contributed by atoms with Gasteiger partial charge in [0.2, 0.25) is 0 Å². The molecular weight excluding hydrogens is 297 g/mol. The first-order valence-electron chi connectivity index (χ1n) is 8.16. The van der Waals surface area contributed by atoms with E-state index < -0.39 is 18.1 Å². The Hall–Kier alpha value is -0.980. The fraction of sp³-hybridized carbons (Fsp3) is 0.933. The van der Waals surface area contributed by atoms with E-state index in [4.69, 9.17) is 5.11 Å². The standard InChI is InChI=1S/C15H25F3N2O2/c16-15(17,18)11-4-3-5-12(10-11)19-14(22)20-8-2-1-6-13(20)7-9-21/h11-13,21H,1-10H2,(H,19,22). The van der Waals surface area contributed by atoms with E-state index in [-0.39, 0.29) is 31.5 Å². The lowest BCUT2D eigenvalue weighted by molar-refractivity contribution is -0.183. The summed E-state index contributed by atoms with van der Waals surface area (Å²) in [5.41, 5.74) is 0. The van der Waals surface area contributed by atoms with Crippen molar-refractivity contribution in [1.82, 2.24) is 10.2 Å². The molecule has 3 atom stereocenters. The van der Waals surface area contributed by atoms with Crippen LogP contribution in [0.1, 0.15) is 51.4 Å². The third kappa shape index (κ3) is 4.51. The number of aliphatic hydroxyl groups excluding tert-OH is 1. The first kappa shape index (κ1) is 17.4. The molecule has 2 rings (SSSR count). The normalized spacial score (nSPS) is 30.2. The molecule has 128 valence electrons. The SMILES string of the molecule is O=C(NC1CCCC(C(F)(F)F)C1)N1CCCCC1CCO. The average Bonchev–Trinajstić information content (AvgIpc) is 2.47. The summed E-state index contributed by atoms with van der Waals surface area (Å²) in [7, 11) is 0. The van der Waals surface area contributed by atoms with Crippen LogP contribution in [0.15, 0.2) is 0 Å². The highest BCUT2D eigenvalue weighted by Gasteiger charge is 2.42. The number of alkyl halides is 3. The molecule has 1 heterocycles. The van der Waals surface area contributed by atoms with Crippen molar-refractivity contribution >= 4 is 6.03 Å². The zero-order valence-electron chi connectivity index (χ0n) is 12.7. The van der Waals surface area contributed by atoms with E-state index in [0.717, 1.165) is 19.3 Å². The van der Waals surface area contributed by atoms with Gasteiger partial charge in [-0.25, -0.2) is 4.79 Å². The van der Waals surface area contributed by atoms with Gasteiger partial charge in [0.15, 0.2) is 0 Å². The Morgan fingerprint density at radius 2 is 1.95 bits per heavy atom. The molecule has 4 nitrogen and oxygen atoms in total. The van der Waals surface area contributed by atoms with Crippen LogP contribution < -0.4 is 5.32 Å². The Labute approximate surface area is 129 Å². The Bertz CT molecular complexity index is 374. The summed E-state index contributed by atoms with van der Waals surface area (Å²) in [5.74, 6) is -1.30. The third-order valence-corrected chi connectivity index (χ3v) is 4.82. The maximum absolute atomic E-state index is 12.8. The molecule has 1 aliphatic heterocycles. The quantitative estimate of drug-likeness (QED) is 0.839. The van der Waals surface area contributed by atoms with E-state index in [1.807, 2.05) is 0 Å². The van der Waals surface area contributed by atoms with E-state index >= 15 is 0 Å². The number of amides is 2. The summed E-state index contributed by atoms with van der Waals surface area (Å²) in [6.45, 7) is 0.639. The largest absolute Gasteiger partial charge is 0.396 e. The smallest absolute Gasteiger partial charge is 0.391 e. The van der Waals surface area contributed by atoms with Crippen molar-refractivity contribution < 1.29 is 23.1 Å². The Kier molecular flexibility index (Phi) is 5.94. The van der Waals surface area contributed by atoms with Crippen molar-refractivity contribution in [1.29, 1.82) is 0 Å². The van der Waals surface area contributed by atoms with E-state index in [9.17, 15) is 18.0 Å². The number of rotatable bonds is 3. The minimum Gasteiger partial charge on any atom is -0.396 e. The number of urea groups is 1. The van der Waals surface area contributed by atoms with Gasteiger partial charge >= 0.3 is 12.2 Å². The lowest BCUT2D eigenvalue weighted by Gasteiger charge is -2.38. The molecule has 2 amide bonds. The summed E-state index contributed by atoms with van der Waals surface area (Å²) >= 11 is 0. The van der Waals surface area contributed by atoms with E-state index in [2.05, 4.69) is 5.32 Å². The zero-order valence-corrected chi connectivity index (χ0v) is 12.7. The van der Waals surface area contributed by atoms with Gasteiger partial charge in [0.1, 0.15) is 0 Å². The number of hydrogen-bond acceptors (Lipinski definition) is 2. The lowest BCUT2D eigenvalue weighted by atomic mass is 9.85. The van der Waals surface area contributed by atoms with Crippen LogP contribution in [0, 0.1) is 5.92 Å². The molecule has 22 heavy (non-hydrogen) atoms. The van der Waals surface area contributed by atoms with E-state index in [0.29, 0.717) is 25.8 Å². The highest BCUT2D eigenvalue weighted by molar-refractivity contribution is 5.75. The van der Waals surface area contributed by atoms with E-state index in [1.54, 1.807) is 4.90 Å². The maximum Gasteiger partial charge on any atom is 0.391 e. The molecule has 2 aliphatic rings. The van der Waals surface area contributed by atoms with Crippen molar-refractivity contribution in [2.24, 2.45) is 5.92 Å². The number of piperidine rings is 1.